The van der Waals surface area contributed by atoms with Crippen molar-refractivity contribution < 1.29 is 23.9 Å². The van der Waals surface area contributed by atoms with Crippen LogP contribution in [-0.2, 0) is 14.3 Å². The van der Waals surface area contributed by atoms with E-state index in [-0.39, 0.29) is 18.2 Å². The number of nitrogens with zero attached hydrogens (tertiary/aromatic N) is 1. The maximum absolute atomic E-state index is 13.0. The van der Waals surface area contributed by atoms with Crippen LogP contribution in [-0.4, -0.2) is 28.7 Å². The highest BCUT2D eigenvalue weighted by atomic mass is 16.6. The predicted molar refractivity (Wildman–Crippen MR) is 116 cm³/mol. The van der Waals surface area contributed by atoms with Crippen LogP contribution in [0.3, 0.4) is 0 Å². The van der Waals surface area contributed by atoms with E-state index in [9.17, 15) is 14.4 Å². The predicted octanol–water partition coefficient (Wildman–Crippen LogP) is 4.28. The summed E-state index contributed by atoms with van der Waals surface area (Å²) >= 11 is 0. The molecule has 0 unspecified atom stereocenters. The van der Waals surface area contributed by atoms with Crippen molar-refractivity contribution in [2.75, 3.05) is 5.32 Å². The SMILES string of the molecule is O=C1O[C@@H](N2C(=O)CC[C@H]2C(=O)Nc2ccc(Oc3ccccc3)cc2)c2ccccc21. The Morgan fingerprint density at radius 2 is 1.59 bits per heavy atom. The van der Waals surface area contributed by atoms with E-state index < -0.39 is 18.2 Å². The number of cyclic esters (lactones) is 1. The van der Waals surface area contributed by atoms with E-state index >= 15 is 0 Å². The van der Waals surface area contributed by atoms with Crippen molar-refractivity contribution in [1.82, 2.24) is 4.90 Å². The van der Waals surface area contributed by atoms with Crippen LogP contribution in [0.2, 0.25) is 0 Å². The Labute approximate surface area is 184 Å². The number of fused-ring (bicyclic) bond motifs is 1. The number of rotatable bonds is 5. The van der Waals surface area contributed by atoms with Crippen LogP contribution >= 0.6 is 0 Å². The van der Waals surface area contributed by atoms with Crippen LogP contribution < -0.4 is 10.1 Å². The summed E-state index contributed by atoms with van der Waals surface area (Å²) in [4.78, 5) is 39.2. The molecule has 1 N–H and O–H groups in total. The van der Waals surface area contributed by atoms with Gasteiger partial charge in [-0.15, -0.1) is 0 Å². The fraction of sp³-hybridized carbons (Fsp3) is 0.160. The van der Waals surface area contributed by atoms with Gasteiger partial charge in [0.15, 0.2) is 0 Å². The molecule has 0 aliphatic carbocycles. The van der Waals surface area contributed by atoms with Crippen LogP contribution in [0, 0.1) is 0 Å². The summed E-state index contributed by atoms with van der Waals surface area (Å²) in [6.07, 6.45) is -0.306. The zero-order valence-electron chi connectivity index (χ0n) is 17.1. The lowest BCUT2D eigenvalue weighted by Gasteiger charge is -2.29. The van der Waals surface area contributed by atoms with E-state index in [1.807, 2.05) is 30.3 Å². The fourth-order valence-electron chi connectivity index (χ4n) is 4.04. The second-order valence-electron chi connectivity index (χ2n) is 7.63. The van der Waals surface area contributed by atoms with E-state index in [4.69, 9.17) is 9.47 Å². The summed E-state index contributed by atoms with van der Waals surface area (Å²) in [6.45, 7) is 0. The van der Waals surface area contributed by atoms with Crippen molar-refractivity contribution in [1.29, 1.82) is 0 Å². The van der Waals surface area contributed by atoms with Crippen LogP contribution in [0.4, 0.5) is 5.69 Å². The van der Waals surface area contributed by atoms with Crippen molar-refractivity contribution in [3.8, 4) is 11.5 Å². The van der Waals surface area contributed by atoms with Gasteiger partial charge in [0.05, 0.1) is 5.56 Å². The number of carbonyl (C=O) groups is 3. The van der Waals surface area contributed by atoms with Crippen molar-refractivity contribution in [2.24, 2.45) is 0 Å². The lowest BCUT2D eigenvalue weighted by atomic mass is 10.1. The first-order chi connectivity index (χ1) is 15.6. The lowest BCUT2D eigenvalue weighted by Crippen LogP contribution is -2.43. The number of carbonyl (C=O) groups excluding carboxylic acids is 3. The van der Waals surface area contributed by atoms with Crippen molar-refractivity contribution in [3.63, 3.8) is 0 Å². The van der Waals surface area contributed by atoms with Gasteiger partial charge in [-0.3, -0.25) is 14.5 Å². The molecule has 0 bridgehead atoms. The number of esters is 1. The standard InChI is InChI=1S/C25H20N2O5/c28-22-15-14-21(27(22)24-19-8-4-5-9-20(19)25(30)32-24)23(29)26-16-10-12-18(13-11-16)31-17-6-2-1-3-7-17/h1-13,21,24H,14-15H2,(H,26,29)/t21-,24+/m0/s1. The van der Waals surface area contributed by atoms with Gasteiger partial charge in [0, 0.05) is 17.7 Å². The quantitative estimate of drug-likeness (QED) is 0.613. The van der Waals surface area contributed by atoms with Gasteiger partial charge in [0.25, 0.3) is 0 Å². The summed E-state index contributed by atoms with van der Waals surface area (Å²) in [6, 6.07) is 22.6. The molecule has 0 saturated carbocycles. The summed E-state index contributed by atoms with van der Waals surface area (Å²) in [5, 5.41) is 2.86. The average molecular weight is 428 g/mol. The first kappa shape index (κ1) is 19.8. The Kier molecular flexibility index (Phi) is 5.07. The Balaban J connectivity index is 1.30. The van der Waals surface area contributed by atoms with Gasteiger partial charge in [-0.2, -0.15) is 0 Å². The Morgan fingerprint density at radius 1 is 0.906 bits per heavy atom. The van der Waals surface area contributed by atoms with Gasteiger partial charge in [0.1, 0.15) is 17.5 Å². The lowest BCUT2D eigenvalue weighted by molar-refractivity contribution is -0.144. The van der Waals surface area contributed by atoms with Gasteiger partial charge in [-0.1, -0.05) is 36.4 Å². The molecule has 7 nitrogen and oxygen atoms in total. The molecule has 160 valence electrons. The first-order valence-electron chi connectivity index (χ1n) is 10.3. The molecule has 0 spiro atoms. The number of hydrogen-bond donors (Lipinski definition) is 1. The largest absolute Gasteiger partial charge is 0.457 e. The molecule has 7 heteroatoms. The summed E-state index contributed by atoms with van der Waals surface area (Å²) in [5.74, 6) is 0.329. The number of hydrogen-bond acceptors (Lipinski definition) is 5. The highest BCUT2D eigenvalue weighted by molar-refractivity contribution is 6.00. The zero-order valence-corrected chi connectivity index (χ0v) is 17.1. The van der Waals surface area contributed by atoms with E-state index in [1.165, 1.54) is 4.90 Å². The van der Waals surface area contributed by atoms with E-state index in [0.717, 1.165) is 5.75 Å². The third kappa shape index (κ3) is 3.69. The molecule has 0 radical (unpaired) electrons. The summed E-state index contributed by atoms with van der Waals surface area (Å²) in [7, 11) is 0. The second kappa shape index (κ2) is 8.19. The van der Waals surface area contributed by atoms with E-state index in [1.54, 1.807) is 48.5 Å². The summed E-state index contributed by atoms with van der Waals surface area (Å²) < 4.78 is 11.2. The molecule has 2 aliphatic heterocycles. The smallest absolute Gasteiger partial charge is 0.340 e. The van der Waals surface area contributed by atoms with Crippen LogP contribution in [0.25, 0.3) is 0 Å². The van der Waals surface area contributed by atoms with Gasteiger partial charge < -0.3 is 14.8 Å². The Morgan fingerprint density at radius 3 is 2.38 bits per heavy atom. The number of benzene rings is 3. The van der Waals surface area contributed by atoms with Crippen molar-refractivity contribution in [2.45, 2.75) is 25.1 Å². The third-order valence-electron chi connectivity index (χ3n) is 5.58. The topological polar surface area (TPSA) is 84.9 Å². The van der Waals surface area contributed by atoms with Crippen LogP contribution in [0.1, 0.15) is 35.0 Å². The molecule has 5 rings (SSSR count). The molecule has 32 heavy (non-hydrogen) atoms. The minimum absolute atomic E-state index is 0.216. The van der Waals surface area contributed by atoms with Gasteiger partial charge in [-0.25, -0.2) is 4.79 Å². The number of amides is 2. The zero-order chi connectivity index (χ0) is 22.1. The molecule has 2 atom stereocenters. The highest BCUT2D eigenvalue weighted by Crippen LogP contribution is 2.38. The Bertz CT molecular complexity index is 1180. The van der Waals surface area contributed by atoms with E-state index in [2.05, 4.69) is 5.32 Å². The molecule has 1 saturated heterocycles. The fourth-order valence-corrected chi connectivity index (χ4v) is 4.04. The molecule has 2 amide bonds. The Hall–Kier alpha value is -4.13. The number of anilines is 1. The number of likely N-dealkylation sites (tertiary alicyclic amines) is 1. The summed E-state index contributed by atoms with van der Waals surface area (Å²) in [5.41, 5.74) is 1.61. The van der Waals surface area contributed by atoms with Crippen molar-refractivity contribution in [3.05, 3.63) is 90.0 Å². The molecule has 0 aromatic heterocycles. The molecular formula is C25H20N2O5. The monoisotopic (exact) mass is 428 g/mol. The molecule has 3 aromatic rings. The third-order valence-corrected chi connectivity index (χ3v) is 5.58. The molecular weight excluding hydrogens is 408 g/mol. The van der Waals surface area contributed by atoms with Crippen LogP contribution in [0.15, 0.2) is 78.9 Å². The maximum atomic E-state index is 13.0. The molecule has 2 heterocycles. The minimum Gasteiger partial charge on any atom is -0.457 e. The molecule has 1 fully saturated rings. The minimum atomic E-state index is -0.883. The second-order valence-corrected chi connectivity index (χ2v) is 7.63. The van der Waals surface area contributed by atoms with Gasteiger partial charge in [-0.05, 0) is 48.9 Å². The van der Waals surface area contributed by atoms with E-state index in [0.29, 0.717) is 29.0 Å². The number of para-hydroxylation sites is 1. The maximum Gasteiger partial charge on any atom is 0.340 e. The first-order valence-corrected chi connectivity index (χ1v) is 10.3. The molecule has 3 aromatic carbocycles. The highest BCUT2D eigenvalue weighted by Gasteiger charge is 2.46. The normalized spacial score (nSPS) is 19.4. The number of nitrogens with one attached hydrogen (secondary N) is 1. The average Bonchev–Trinajstić information content (AvgIpc) is 3.35. The van der Waals surface area contributed by atoms with Crippen molar-refractivity contribution >= 4 is 23.5 Å². The molecule has 2 aliphatic rings. The van der Waals surface area contributed by atoms with Crippen LogP contribution in [0.5, 0.6) is 11.5 Å². The van der Waals surface area contributed by atoms with Gasteiger partial charge in [0.2, 0.25) is 18.0 Å². The number of ether oxygens (including phenoxy) is 2. The van der Waals surface area contributed by atoms with Gasteiger partial charge >= 0.3 is 5.97 Å².